The van der Waals surface area contributed by atoms with E-state index in [2.05, 4.69) is 5.32 Å². The van der Waals surface area contributed by atoms with Gasteiger partial charge in [-0.05, 0) is 13.3 Å². The fourth-order valence-electron chi connectivity index (χ4n) is 1.87. The van der Waals surface area contributed by atoms with Crippen LogP contribution in [0.1, 0.15) is 20.3 Å². The number of carbonyl (C=O) groups excluding carboxylic acids is 1. The van der Waals surface area contributed by atoms with Gasteiger partial charge in [0.2, 0.25) is 5.91 Å². The van der Waals surface area contributed by atoms with Crippen molar-refractivity contribution in [3.05, 3.63) is 0 Å². The van der Waals surface area contributed by atoms with E-state index in [1.807, 2.05) is 6.92 Å². The molecule has 0 bridgehead atoms. The third-order valence-corrected chi connectivity index (χ3v) is 4.40. The van der Waals surface area contributed by atoms with Gasteiger partial charge in [-0.2, -0.15) is 0 Å². The summed E-state index contributed by atoms with van der Waals surface area (Å²) in [6, 6.07) is 0.0816. The quantitative estimate of drug-likeness (QED) is 0.792. The monoisotopic (exact) mass is 284 g/mol. The molecule has 1 fully saturated rings. The topological polar surface area (TPSA) is 66.5 Å². The molecular weight excluding hydrogens is 264 g/mol. The highest BCUT2D eigenvalue weighted by Gasteiger charge is 2.26. The average molecular weight is 285 g/mol. The van der Waals surface area contributed by atoms with Crippen LogP contribution in [0.3, 0.4) is 0 Å². The van der Waals surface area contributed by atoms with Crippen molar-refractivity contribution in [3.63, 3.8) is 0 Å². The molecule has 5 nitrogen and oxygen atoms in total. The molecule has 0 aromatic rings. The molecule has 17 heavy (non-hydrogen) atoms. The summed E-state index contributed by atoms with van der Waals surface area (Å²) < 4.78 is 23.1. The van der Waals surface area contributed by atoms with Crippen molar-refractivity contribution in [2.24, 2.45) is 0 Å². The lowest BCUT2D eigenvalue weighted by atomic mass is 10.2. The van der Waals surface area contributed by atoms with Crippen LogP contribution in [0.15, 0.2) is 0 Å². The first kappa shape index (κ1) is 16.7. The molecule has 0 aromatic heterocycles. The van der Waals surface area contributed by atoms with Crippen molar-refractivity contribution in [3.8, 4) is 0 Å². The minimum absolute atomic E-state index is 0. The molecule has 0 spiro atoms. The molecular formula is C10H21ClN2O3S. The van der Waals surface area contributed by atoms with Crippen LogP contribution in [0.4, 0.5) is 0 Å². The van der Waals surface area contributed by atoms with Gasteiger partial charge in [0.05, 0.1) is 5.75 Å². The predicted molar refractivity (Wildman–Crippen MR) is 70.2 cm³/mol. The molecule has 102 valence electrons. The van der Waals surface area contributed by atoms with E-state index in [1.165, 1.54) is 0 Å². The molecule has 1 atom stereocenters. The summed E-state index contributed by atoms with van der Waals surface area (Å²) in [4.78, 5) is 13.5. The molecule has 1 aliphatic rings. The molecule has 0 saturated carbocycles. The van der Waals surface area contributed by atoms with Gasteiger partial charge < -0.3 is 10.2 Å². The molecule has 0 aliphatic carbocycles. The number of carbonyl (C=O) groups is 1. The largest absolute Gasteiger partial charge is 0.337 e. The number of piperazine rings is 1. The lowest BCUT2D eigenvalue weighted by Crippen LogP contribution is -2.53. The van der Waals surface area contributed by atoms with E-state index in [0.29, 0.717) is 13.0 Å². The molecule has 1 saturated heterocycles. The highest BCUT2D eigenvalue weighted by molar-refractivity contribution is 7.92. The molecule has 0 unspecified atom stereocenters. The summed E-state index contributed by atoms with van der Waals surface area (Å²) in [6.07, 6.45) is 0.562. The third kappa shape index (κ3) is 5.23. The van der Waals surface area contributed by atoms with Crippen molar-refractivity contribution in [1.29, 1.82) is 0 Å². The molecule has 1 aliphatic heterocycles. The number of amides is 1. The summed E-state index contributed by atoms with van der Waals surface area (Å²) in [7, 11) is -3.22. The number of sulfone groups is 1. The average Bonchev–Trinajstić information content (AvgIpc) is 2.17. The number of halogens is 1. The minimum atomic E-state index is -3.22. The Morgan fingerprint density at radius 3 is 2.65 bits per heavy atom. The molecule has 0 radical (unpaired) electrons. The van der Waals surface area contributed by atoms with E-state index in [0.717, 1.165) is 13.1 Å². The highest BCUT2D eigenvalue weighted by atomic mass is 35.5. The van der Waals surface area contributed by atoms with Crippen LogP contribution < -0.4 is 5.32 Å². The lowest BCUT2D eigenvalue weighted by Gasteiger charge is -2.33. The van der Waals surface area contributed by atoms with Gasteiger partial charge in [-0.15, -0.1) is 12.4 Å². The molecule has 7 heteroatoms. The number of hydrogen-bond acceptors (Lipinski definition) is 4. The number of hydrogen-bond donors (Lipinski definition) is 1. The summed E-state index contributed by atoms with van der Waals surface area (Å²) in [6.45, 7) is 5.80. The van der Waals surface area contributed by atoms with Gasteiger partial charge in [0.15, 0.2) is 9.84 Å². The van der Waals surface area contributed by atoms with Gasteiger partial charge in [0.25, 0.3) is 0 Å². The fraction of sp³-hybridized carbons (Fsp3) is 0.900. The van der Waals surface area contributed by atoms with Crippen LogP contribution in [0.2, 0.25) is 0 Å². The maximum Gasteiger partial charge on any atom is 0.238 e. The van der Waals surface area contributed by atoms with Gasteiger partial charge in [0, 0.05) is 25.7 Å². The van der Waals surface area contributed by atoms with Crippen LogP contribution in [0, 0.1) is 0 Å². The third-order valence-electron chi connectivity index (χ3n) is 2.68. The van der Waals surface area contributed by atoms with Crippen LogP contribution in [0.5, 0.6) is 0 Å². The van der Waals surface area contributed by atoms with Crippen molar-refractivity contribution < 1.29 is 13.2 Å². The first-order chi connectivity index (χ1) is 7.46. The Balaban J connectivity index is 0.00000256. The summed E-state index contributed by atoms with van der Waals surface area (Å²) in [5.74, 6) is -0.507. The van der Waals surface area contributed by atoms with Crippen LogP contribution in [0.25, 0.3) is 0 Å². The molecule has 1 rings (SSSR count). The number of nitrogens with zero attached hydrogens (tertiary/aromatic N) is 1. The van der Waals surface area contributed by atoms with E-state index in [9.17, 15) is 13.2 Å². The van der Waals surface area contributed by atoms with Crippen LogP contribution in [-0.4, -0.2) is 56.4 Å². The van der Waals surface area contributed by atoms with Crippen molar-refractivity contribution in [2.45, 2.75) is 26.3 Å². The van der Waals surface area contributed by atoms with Crippen LogP contribution in [-0.2, 0) is 14.6 Å². The van der Waals surface area contributed by atoms with Crippen molar-refractivity contribution in [1.82, 2.24) is 10.2 Å². The Labute approximate surface area is 109 Å². The second kappa shape index (κ2) is 7.18. The molecule has 1 N–H and O–H groups in total. The molecule has 0 aromatic carbocycles. The number of nitrogens with one attached hydrogen (secondary N) is 1. The second-order valence-corrected chi connectivity index (χ2v) is 6.42. The van der Waals surface area contributed by atoms with Gasteiger partial charge in [-0.3, -0.25) is 4.79 Å². The summed E-state index contributed by atoms with van der Waals surface area (Å²) in [5.41, 5.74) is 0. The SMILES string of the molecule is CCCS(=O)(=O)CC(=O)N1CCNC[C@@H]1C.Cl. The summed E-state index contributed by atoms with van der Waals surface area (Å²) in [5, 5.41) is 3.16. The molecule has 1 heterocycles. The standard InChI is InChI=1S/C10H20N2O3S.ClH/c1-3-6-16(14,15)8-10(13)12-5-4-11-7-9(12)2;/h9,11H,3-8H2,1-2H3;1H/t9-;/m0./s1. The Morgan fingerprint density at radius 1 is 1.47 bits per heavy atom. The van der Waals surface area contributed by atoms with E-state index >= 15 is 0 Å². The van der Waals surface area contributed by atoms with Gasteiger partial charge in [0.1, 0.15) is 5.75 Å². The predicted octanol–water partition coefficient (Wildman–Crippen LogP) is 0.0533. The Morgan fingerprint density at radius 2 is 2.12 bits per heavy atom. The zero-order valence-corrected chi connectivity index (χ0v) is 11.9. The van der Waals surface area contributed by atoms with Gasteiger partial charge in [-0.25, -0.2) is 8.42 Å². The Kier molecular flexibility index (Phi) is 7.04. The van der Waals surface area contributed by atoms with Crippen molar-refractivity contribution in [2.75, 3.05) is 31.1 Å². The van der Waals surface area contributed by atoms with E-state index in [4.69, 9.17) is 0 Å². The Bertz CT molecular complexity index is 345. The van der Waals surface area contributed by atoms with Crippen molar-refractivity contribution >= 4 is 28.2 Å². The minimum Gasteiger partial charge on any atom is -0.337 e. The smallest absolute Gasteiger partial charge is 0.238 e. The lowest BCUT2D eigenvalue weighted by molar-refractivity contribution is -0.131. The zero-order valence-electron chi connectivity index (χ0n) is 10.3. The number of rotatable bonds is 4. The molecule has 1 amide bonds. The fourth-order valence-corrected chi connectivity index (χ4v) is 3.17. The van der Waals surface area contributed by atoms with E-state index in [1.54, 1.807) is 11.8 Å². The van der Waals surface area contributed by atoms with E-state index < -0.39 is 9.84 Å². The highest BCUT2D eigenvalue weighted by Crippen LogP contribution is 2.05. The Hall–Kier alpha value is -0.330. The van der Waals surface area contributed by atoms with Crippen LogP contribution >= 0.6 is 12.4 Å². The van der Waals surface area contributed by atoms with E-state index in [-0.39, 0.29) is 35.9 Å². The zero-order chi connectivity index (χ0) is 12.2. The first-order valence-corrected chi connectivity index (χ1v) is 7.49. The van der Waals surface area contributed by atoms with Gasteiger partial charge in [-0.1, -0.05) is 6.92 Å². The normalized spacial score (nSPS) is 20.8. The second-order valence-electron chi connectivity index (χ2n) is 4.23. The maximum absolute atomic E-state index is 11.8. The maximum atomic E-state index is 11.8. The van der Waals surface area contributed by atoms with Gasteiger partial charge >= 0.3 is 0 Å². The summed E-state index contributed by atoms with van der Waals surface area (Å²) >= 11 is 0. The first-order valence-electron chi connectivity index (χ1n) is 5.67.